The molecule has 21 heavy (non-hydrogen) atoms. The van der Waals surface area contributed by atoms with Gasteiger partial charge in [0.2, 0.25) is 0 Å². The highest BCUT2D eigenvalue weighted by Gasteiger charge is 2.27. The van der Waals surface area contributed by atoms with E-state index < -0.39 is 0 Å². The molecule has 2 nitrogen and oxygen atoms in total. The average Bonchev–Trinajstić information content (AvgIpc) is 2.53. The molecule has 2 aromatic rings. The minimum atomic E-state index is -0.0183. The molecule has 1 aliphatic rings. The van der Waals surface area contributed by atoms with Gasteiger partial charge in [-0.05, 0) is 64.5 Å². The van der Waals surface area contributed by atoms with E-state index in [0.717, 1.165) is 35.0 Å². The van der Waals surface area contributed by atoms with Crippen molar-refractivity contribution in [2.24, 2.45) is 0 Å². The zero-order valence-electron chi connectivity index (χ0n) is 11.9. The van der Waals surface area contributed by atoms with Gasteiger partial charge in [-0.15, -0.1) is 0 Å². The molecule has 0 saturated heterocycles. The Kier molecular flexibility index (Phi) is 4.11. The number of hydrogen-bond donors (Lipinski definition) is 0. The van der Waals surface area contributed by atoms with Gasteiger partial charge in [-0.2, -0.15) is 0 Å². The lowest BCUT2D eigenvalue weighted by molar-refractivity contribution is 0.0951. The van der Waals surface area contributed by atoms with Crippen molar-refractivity contribution >= 4 is 21.7 Å². The monoisotopic (exact) mass is 344 g/mol. The maximum atomic E-state index is 12.9. The van der Waals surface area contributed by atoms with Crippen molar-refractivity contribution in [1.82, 2.24) is 0 Å². The number of benzene rings is 2. The van der Waals surface area contributed by atoms with E-state index in [1.165, 1.54) is 11.1 Å². The van der Waals surface area contributed by atoms with Crippen LogP contribution in [0.4, 0.5) is 0 Å². The fraction of sp³-hybridized carbons (Fsp3) is 0.278. The first-order valence-corrected chi connectivity index (χ1v) is 7.95. The van der Waals surface area contributed by atoms with Gasteiger partial charge in [0.15, 0.2) is 5.78 Å². The Morgan fingerprint density at radius 3 is 2.81 bits per heavy atom. The van der Waals surface area contributed by atoms with Crippen LogP contribution < -0.4 is 4.74 Å². The van der Waals surface area contributed by atoms with Crippen LogP contribution in [0.3, 0.4) is 0 Å². The van der Waals surface area contributed by atoms with Crippen molar-refractivity contribution in [1.29, 1.82) is 0 Å². The van der Waals surface area contributed by atoms with Crippen LogP contribution in [0.25, 0.3) is 0 Å². The molecule has 0 fully saturated rings. The van der Waals surface area contributed by atoms with Crippen LogP contribution in [0.5, 0.6) is 5.75 Å². The Hall–Kier alpha value is -1.61. The first-order chi connectivity index (χ1) is 10.2. The Bertz CT molecular complexity index is 679. The van der Waals surface area contributed by atoms with E-state index in [1.54, 1.807) is 7.11 Å². The molecule has 1 unspecified atom stereocenters. The summed E-state index contributed by atoms with van der Waals surface area (Å²) in [7, 11) is 1.62. The number of halogens is 1. The zero-order valence-corrected chi connectivity index (χ0v) is 13.5. The summed E-state index contributed by atoms with van der Waals surface area (Å²) in [6, 6.07) is 13.9. The van der Waals surface area contributed by atoms with Gasteiger partial charge in [0.05, 0.1) is 11.6 Å². The Labute approximate surface area is 133 Å². The summed E-state index contributed by atoms with van der Waals surface area (Å²) in [6.07, 6.45) is 3.08. The number of rotatable bonds is 3. The molecule has 3 rings (SSSR count). The minimum absolute atomic E-state index is 0.0183. The normalized spacial score (nSPS) is 17.1. The Morgan fingerprint density at radius 2 is 2.05 bits per heavy atom. The molecule has 0 heterocycles. The van der Waals surface area contributed by atoms with E-state index >= 15 is 0 Å². The highest BCUT2D eigenvalue weighted by Crippen LogP contribution is 2.35. The third-order valence-electron chi connectivity index (χ3n) is 4.12. The van der Waals surface area contributed by atoms with E-state index in [-0.39, 0.29) is 11.7 Å². The molecule has 3 heteroatoms. The van der Waals surface area contributed by atoms with Gasteiger partial charge >= 0.3 is 0 Å². The van der Waals surface area contributed by atoms with Gasteiger partial charge in [0.1, 0.15) is 5.75 Å². The number of carbonyl (C=O) groups is 1. The third-order valence-corrected chi connectivity index (χ3v) is 4.74. The average molecular weight is 345 g/mol. The summed E-state index contributed by atoms with van der Waals surface area (Å²) < 4.78 is 6.04. The molecule has 0 amide bonds. The van der Waals surface area contributed by atoms with E-state index in [0.29, 0.717) is 0 Å². The number of ketones is 1. The summed E-state index contributed by atoms with van der Waals surface area (Å²) >= 11 is 3.45. The van der Waals surface area contributed by atoms with Crippen molar-refractivity contribution in [2.75, 3.05) is 7.11 Å². The Balaban J connectivity index is 1.95. The van der Waals surface area contributed by atoms with Crippen LogP contribution in [-0.2, 0) is 6.42 Å². The SMILES string of the molecule is COc1ccc(C(=O)C2CCCc3ccccc32)cc1Br. The summed E-state index contributed by atoms with van der Waals surface area (Å²) in [5.74, 6) is 0.927. The quantitative estimate of drug-likeness (QED) is 0.750. The summed E-state index contributed by atoms with van der Waals surface area (Å²) in [5.41, 5.74) is 3.25. The number of Topliss-reactive ketones (excluding diaryl/α,β-unsaturated/α-hetero) is 1. The predicted molar refractivity (Wildman–Crippen MR) is 87.1 cm³/mol. The molecule has 0 radical (unpaired) electrons. The molecule has 0 bridgehead atoms. The zero-order chi connectivity index (χ0) is 14.8. The molecular weight excluding hydrogens is 328 g/mol. The van der Waals surface area contributed by atoms with E-state index in [1.807, 2.05) is 24.3 Å². The fourth-order valence-electron chi connectivity index (χ4n) is 3.05. The second-order valence-corrected chi connectivity index (χ2v) is 6.21. The van der Waals surface area contributed by atoms with Crippen LogP contribution in [0.1, 0.15) is 40.2 Å². The van der Waals surface area contributed by atoms with E-state index in [9.17, 15) is 4.79 Å². The van der Waals surface area contributed by atoms with Crippen LogP contribution in [0, 0.1) is 0 Å². The number of aryl methyl sites for hydroxylation is 1. The highest BCUT2D eigenvalue weighted by atomic mass is 79.9. The lowest BCUT2D eigenvalue weighted by Gasteiger charge is -2.24. The fourth-order valence-corrected chi connectivity index (χ4v) is 3.59. The number of fused-ring (bicyclic) bond motifs is 1. The Morgan fingerprint density at radius 1 is 1.24 bits per heavy atom. The van der Waals surface area contributed by atoms with Crippen molar-refractivity contribution in [2.45, 2.75) is 25.2 Å². The molecule has 0 spiro atoms. The van der Waals surface area contributed by atoms with Crippen molar-refractivity contribution in [3.63, 3.8) is 0 Å². The summed E-state index contributed by atoms with van der Waals surface area (Å²) in [6.45, 7) is 0. The number of carbonyl (C=O) groups excluding carboxylic acids is 1. The smallest absolute Gasteiger partial charge is 0.170 e. The lowest BCUT2D eigenvalue weighted by atomic mass is 9.79. The molecule has 1 atom stereocenters. The second kappa shape index (κ2) is 6.02. The van der Waals surface area contributed by atoms with Crippen molar-refractivity contribution < 1.29 is 9.53 Å². The van der Waals surface area contributed by atoms with Gasteiger partial charge in [-0.3, -0.25) is 4.79 Å². The van der Waals surface area contributed by atoms with Crippen LogP contribution in [0.2, 0.25) is 0 Å². The standard InChI is InChI=1S/C18H17BrO2/c1-21-17-10-9-13(11-16(17)19)18(20)15-8-4-6-12-5-2-3-7-14(12)15/h2-3,5,7,9-11,15H,4,6,8H2,1H3. The number of hydrogen-bond acceptors (Lipinski definition) is 2. The molecule has 1 aliphatic carbocycles. The van der Waals surface area contributed by atoms with Gasteiger partial charge in [-0.1, -0.05) is 24.3 Å². The molecule has 108 valence electrons. The van der Waals surface area contributed by atoms with Crippen LogP contribution in [-0.4, -0.2) is 12.9 Å². The third kappa shape index (κ3) is 2.75. The van der Waals surface area contributed by atoms with Crippen LogP contribution >= 0.6 is 15.9 Å². The van der Waals surface area contributed by atoms with Crippen molar-refractivity contribution in [3.8, 4) is 5.75 Å². The van der Waals surface area contributed by atoms with Gasteiger partial charge in [0, 0.05) is 11.5 Å². The van der Waals surface area contributed by atoms with Gasteiger partial charge < -0.3 is 4.74 Å². The van der Waals surface area contributed by atoms with Crippen molar-refractivity contribution in [3.05, 3.63) is 63.6 Å². The lowest BCUT2D eigenvalue weighted by Crippen LogP contribution is -2.18. The first-order valence-electron chi connectivity index (χ1n) is 7.16. The largest absolute Gasteiger partial charge is 0.496 e. The second-order valence-electron chi connectivity index (χ2n) is 5.36. The first kappa shape index (κ1) is 14.3. The van der Waals surface area contributed by atoms with Gasteiger partial charge in [-0.25, -0.2) is 0 Å². The molecule has 0 N–H and O–H groups in total. The predicted octanol–water partition coefficient (Wildman–Crippen LogP) is 4.76. The minimum Gasteiger partial charge on any atom is -0.496 e. The molecule has 0 saturated carbocycles. The highest BCUT2D eigenvalue weighted by molar-refractivity contribution is 9.10. The van der Waals surface area contributed by atoms with Gasteiger partial charge in [0.25, 0.3) is 0 Å². The summed E-state index contributed by atoms with van der Waals surface area (Å²) in [5, 5.41) is 0. The number of methoxy groups -OCH3 is 1. The number of ether oxygens (including phenoxy) is 1. The molecule has 0 aromatic heterocycles. The van der Waals surface area contributed by atoms with E-state index in [4.69, 9.17) is 4.74 Å². The van der Waals surface area contributed by atoms with Crippen LogP contribution in [0.15, 0.2) is 46.9 Å². The molecule has 0 aliphatic heterocycles. The summed E-state index contributed by atoms with van der Waals surface area (Å²) in [4.78, 5) is 12.9. The maximum Gasteiger partial charge on any atom is 0.170 e. The topological polar surface area (TPSA) is 26.3 Å². The van der Waals surface area contributed by atoms with E-state index in [2.05, 4.69) is 34.1 Å². The molecular formula is C18H17BrO2. The molecule has 2 aromatic carbocycles. The maximum absolute atomic E-state index is 12.9.